The summed E-state index contributed by atoms with van der Waals surface area (Å²) in [5, 5.41) is 7.84. The largest absolute Gasteiger partial charge is 0.375 e. The molecular weight excluding hydrogens is 226 g/mol. The van der Waals surface area contributed by atoms with E-state index >= 15 is 0 Å². The molecule has 1 N–H and O–H groups in total. The Balaban J connectivity index is 1.75. The van der Waals surface area contributed by atoms with Crippen LogP contribution in [0.15, 0.2) is 12.3 Å². The zero-order valence-electron chi connectivity index (χ0n) is 11.8. The molecule has 2 unspecified atom stereocenters. The predicted molar refractivity (Wildman–Crippen MR) is 72.6 cm³/mol. The summed E-state index contributed by atoms with van der Waals surface area (Å²) in [6, 6.07) is 2.68. The molecule has 1 aliphatic heterocycles. The molecule has 1 saturated heterocycles. The van der Waals surface area contributed by atoms with E-state index in [1.54, 1.807) is 0 Å². The van der Waals surface area contributed by atoms with Gasteiger partial charge in [-0.1, -0.05) is 6.92 Å². The minimum absolute atomic E-state index is 0.0719. The van der Waals surface area contributed by atoms with E-state index < -0.39 is 0 Å². The van der Waals surface area contributed by atoms with Crippen molar-refractivity contribution in [1.82, 2.24) is 15.1 Å². The molecule has 1 aromatic rings. The Kier molecular flexibility index (Phi) is 4.40. The third kappa shape index (κ3) is 3.33. The number of aromatic nitrogens is 2. The molecule has 0 radical (unpaired) electrons. The van der Waals surface area contributed by atoms with Gasteiger partial charge in [-0.05, 0) is 32.3 Å². The zero-order valence-corrected chi connectivity index (χ0v) is 11.8. The molecule has 2 atom stereocenters. The Morgan fingerprint density at radius 2 is 2.44 bits per heavy atom. The van der Waals surface area contributed by atoms with Crippen LogP contribution in [-0.4, -0.2) is 34.6 Å². The number of rotatable bonds is 5. The third-order valence-corrected chi connectivity index (χ3v) is 4.08. The third-order valence-electron chi connectivity index (χ3n) is 4.08. The van der Waals surface area contributed by atoms with Crippen LogP contribution in [0.25, 0.3) is 0 Å². The van der Waals surface area contributed by atoms with Crippen LogP contribution < -0.4 is 5.32 Å². The molecule has 1 fully saturated rings. The second-order valence-corrected chi connectivity index (χ2v) is 5.49. The average Bonchev–Trinajstić information content (AvgIpc) is 2.76. The summed E-state index contributed by atoms with van der Waals surface area (Å²) in [6.45, 7) is 6.33. The van der Waals surface area contributed by atoms with E-state index in [1.165, 1.54) is 5.69 Å². The van der Waals surface area contributed by atoms with E-state index in [1.807, 2.05) is 17.9 Å². The summed E-state index contributed by atoms with van der Waals surface area (Å²) in [5.74, 6) is 0. The Morgan fingerprint density at radius 1 is 1.61 bits per heavy atom. The summed E-state index contributed by atoms with van der Waals surface area (Å²) in [5.41, 5.74) is 1.36. The van der Waals surface area contributed by atoms with E-state index in [-0.39, 0.29) is 5.60 Å². The Hall–Kier alpha value is -0.870. The number of hydrogen-bond donors (Lipinski definition) is 1. The van der Waals surface area contributed by atoms with Gasteiger partial charge in [-0.15, -0.1) is 0 Å². The van der Waals surface area contributed by atoms with Crippen LogP contribution in [0.3, 0.4) is 0 Å². The number of ether oxygens (including phenoxy) is 1. The minimum Gasteiger partial charge on any atom is -0.375 e. The van der Waals surface area contributed by atoms with Gasteiger partial charge in [0, 0.05) is 44.6 Å². The average molecular weight is 251 g/mol. The lowest BCUT2D eigenvalue weighted by atomic mass is 9.90. The van der Waals surface area contributed by atoms with Gasteiger partial charge in [-0.25, -0.2) is 0 Å². The molecule has 18 heavy (non-hydrogen) atoms. The molecule has 0 amide bonds. The molecule has 4 heteroatoms. The van der Waals surface area contributed by atoms with Crippen molar-refractivity contribution in [3.63, 3.8) is 0 Å². The maximum atomic E-state index is 5.86. The van der Waals surface area contributed by atoms with Gasteiger partial charge in [0.25, 0.3) is 0 Å². The predicted octanol–water partition coefficient (Wildman–Crippen LogP) is 1.90. The smallest absolute Gasteiger partial charge is 0.0666 e. The number of nitrogens with zero attached hydrogens (tertiary/aromatic N) is 2. The second-order valence-electron chi connectivity index (χ2n) is 5.49. The maximum absolute atomic E-state index is 5.86. The number of nitrogens with one attached hydrogen (secondary N) is 1. The quantitative estimate of drug-likeness (QED) is 0.868. The molecule has 4 nitrogen and oxygen atoms in total. The van der Waals surface area contributed by atoms with Crippen molar-refractivity contribution >= 4 is 0 Å². The van der Waals surface area contributed by atoms with Crippen molar-refractivity contribution in [2.24, 2.45) is 7.05 Å². The van der Waals surface area contributed by atoms with Gasteiger partial charge in [-0.2, -0.15) is 5.10 Å². The summed E-state index contributed by atoms with van der Waals surface area (Å²) < 4.78 is 7.81. The van der Waals surface area contributed by atoms with Crippen molar-refractivity contribution in [2.45, 2.75) is 51.2 Å². The van der Waals surface area contributed by atoms with E-state index in [0.29, 0.717) is 6.04 Å². The lowest BCUT2D eigenvalue weighted by molar-refractivity contribution is -0.0778. The Morgan fingerprint density at radius 3 is 3.11 bits per heavy atom. The molecule has 0 aliphatic carbocycles. The van der Waals surface area contributed by atoms with Gasteiger partial charge in [0.2, 0.25) is 0 Å². The molecule has 1 aromatic heterocycles. The van der Waals surface area contributed by atoms with Gasteiger partial charge in [-0.3, -0.25) is 4.68 Å². The van der Waals surface area contributed by atoms with E-state index in [0.717, 1.165) is 38.8 Å². The lowest BCUT2D eigenvalue weighted by Gasteiger charge is -2.38. The highest BCUT2D eigenvalue weighted by atomic mass is 16.5. The van der Waals surface area contributed by atoms with E-state index in [2.05, 4.69) is 30.3 Å². The first-order chi connectivity index (χ1) is 8.63. The zero-order chi connectivity index (χ0) is 13.0. The maximum Gasteiger partial charge on any atom is 0.0666 e. The molecule has 0 bridgehead atoms. The molecule has 2 rings (SSSR count). The van der Waals surface area contributed by atoms with Crippen LogP contribution in [0, 0.1) is 0 Å². The van der Waals surface area contributed by atoms with Crippen LogP contribution in [-0.2, 0) is 18.2 Å². The van der Waals surface area contributed by atoms with Crippen LogP contribution >= 0.6 is 0 Å². The number of hydrogen-bond acceptors (Lipinski definition) is 3. The van der Waals surface area contributed by atoms with E-state index in [9.17, 15) is 0 Å². The molecule has 102 valence electrons. The summed E-state index contributed by atoms with van der Waals surface area (Å²) >= 11 is 0. The van der Waals surface area contributed by atoms with Gasteiger partial charge in [0.1, 0.15) is 0 Å². The SMILES string of the molecule is CCC1(C)CC(NCCc2ccnn2C)CCO1. The fraction of sp³-hybridized carbons (Fsp3) is 0.786. The lowest BCUT2D eigenvalue weighted by Crippen LogP contribution is -2.45. The van der Waals surface area contributed by atoms with Crippen molar-refractivity contribution < 1.29 is 4.74 Å². The van der Waals surface area contributed by atoms with E-state index in [4.69, 9.17) is 4.74 Å². The fourth-order valence-electron chi connectivity index (χ4n) is 2.60. The monoisotopic (exact) mass is 251 g/mol. The summed E-state index contributed by atoms with van der Waals surface area (Å²) in [4.78, 5) is 0. The molecule has 2 heterocycles. The summed E-state index contributed by atoms with van der Waals surface area (Å²) in [6.07, 6.45) is 6.23. The first-order valence-electron chi connectivity index (χ1n) is 6.97. The highest BCUT2D eigenvalue weighted by Gasteiger charge is 2.31. The minimum atomic E-state index is 0.0719. The van der Waals surface area contributed by atoms with Crippen LogP contribution in [0.2, 0.25) is 0 Å². The second kappa shape index (κ2) is 5.85. The van der Waals surface area contributed by atoms with Crippen LogP contribution in [0.1, 0.15) is 38.8 Å². The van der Waals surface area contributed by atoms with Crippen molar-refractivity contribution in [3.05, 3.63) is 18.0 Å². The highest BCUT2D eigenvalue weighted by Crippen LogP contribution is 2.27. The Bertz CT molecular complexity index is 377. The normalized spacial score (nSPS) is 28.5. The van der Waals surface area contributed by atoms with Crippen molar-refractivity contribution in [1.29, 1.82) is 0 Å². The van der Waals surface area contributed by atoms with Gasteiger partial charge >= 0.3 is 0 Å². The van der Waals surface area contributed by atoms with Gasteiger partial charge < -0.3 is 10.1 Å². The fourth-order valence-corrected chi connectivity index (χ4v) is 2.60. The highest BCUT2D eigenvalue weighted by molar-refractivity contribution is 5.00. The van der Waals surface area contributed by atoms with Gasteiger partial charge in [0.15, 0.2) is 0 Å². The molecule has 0 aromatic carbocycles. The van der Waals surface area contributed by atoms with Crippen molar-refractivity contribution in [2.75, 3.05) is 13.2 Å². The molecule has 0 saturated carbocycles. The molecule has 1 aliphatic rings. The topological polar surface area (TPSA) is 39.1 Å². The standard InChI is InChI=1S/C14H25N3O/c1-4-14(2)11-12(7-10-18-14)15-8-5-13-6-9-16-17(13)3/h6,9,12,15H,4-5,7-8,10-11H2,1-3H3. The first kappa shape index (κ1) is 13.6. The Labute approximate surface area is 110 Å². The molecular formula is C14H25N3O. The van der Waals surface area contributed by atoms with Crippen LogP contribution in [0.5, 0.6) is 0 Å². The summed E-state index contributed by atoms with van der Waals surface area (Å²) in [7, 11) is 2.00. The van der Waals surface area contributed by atoms with Crippen molar-refractivity contribution in [3.8, 4) is 0 Å². The van der Waals surface area contributed by atoms with Crippen LogP contribution in [0.4, 0.5) is 0 Å². The van der Waals surface area contributed by atoms with Gasteiger partial charge in [0.05, 0.1) is 5.60 Å². The molecule has 0 spiro atoms. The number of aryl methyl sites for hydroxylation is 1. The first-order valence-corrected chi connectivity index (χ1v) is 6.97.